The molecule has 6 rings (SSSR count). The summed E-state index contributed by atoms with van der Waals surface area (Å²) in [5.74, 6) is 3.33. The van der Waals surface area contributed by atoms with Crippen molar-refractivity contribution in [3.8, 4) is 11.4 Å². The van der Waals surface area contributed by atoms with Crippen molar-refractivity contribution in [3.63, 3.8) is 0 Å². The molecule has 0 amide bonds. The summed E-state index contributed by atoms with van der Waals surface area (Å²) >= 11 is 1.54. The van der Waals surface area contributed by atoms with Crippen molar-refractivity contribution < 1.29 is 4.42 Å². The van der Waals surface area contributed by atoms with E-state index in [0.717, 1.165) is 39.2 Å². The van der Waals surface area contributed by atoms with Crippen LogP contribution >= 0.6 is 11.8 Å². The third-order valence-corrected chi connectivity index (χ3v) is 7.18. The van der Waals surface area contributed by atoms with Crippen molar-refractivity contribution in [1.29, 1.82) is 0 Å². The number of furan rings is 1. The van der Waals surface area contributed by atoms with Gasteiger partial charge in [-0.1, -0.05) is 54.2 Å². The van der Waals surface area contributed by atoms with Crippen molar-refractivity contribution in [2.24, 2.45) is 0 Å². The van der Waals surface area contributed by atoms with E-state index < -0.39 is 0 Å². The highest BCUT2D eigenvalue weighted by Crippen LogP contribution is 2.29. The van der Waals surface area contributed by atoms with Crippen LogP contribution in [-0.2, 0) is 18.8 Å². The Hall–Kier alpha value is -4.18. The van der Waals surface area contributed by atoms with Crippen LogP contribution in [0.15, 0.2) is 81.3 Å². The zero-order valence-corrected chi connectivity index (χ0v) is 20.6. The monoisotopic (exact) mass is 497 g/mol. The lowest BCUT2D eigenvalue weighted by Gasteiger charge is -2.11. The largest absolute Gasteiger partial charge is 0.469 e. The Bertz CT molecular complexity index is 1750. The van der Waals surface area contributed by atoms with Gasteiger partial charge in [-0.05, 0) is 37.6 Å². The van der Waals surface area contributed by atoms with Crippen LogP contribution in [0.5, 0.6) is 0 Å². The van der Waals surface area contributed by atoms with E-state index in [0.29, 0.717) is 30.0 Å². The summed E-state index contributed by atoms with van der Waals surface area (Å²) in [7, 11) is 0. The zero-order valence-electron chi connectivity index (χ0n) is 19.8. The van der Waals surface area contributed by atoms with Crippen LogP contribution in [-0.4, -0.2) is 33.9 Å². The number of nitrogens with zero attached hydrogens (tertiary/aromatic N) is 7. The molecular formula is C26H23N7O2S. The maximum absolute atomic E-state index is 13.0. The summed E-state index contributed by atoms with van der Waals surface area (Å²) in [6.45, 7) is 4.99. The van der Waals surface area contributed by atoms with Crippen LogP contribution in [0.4, 0.5) is 0 Å². The zero-order chi connectivity index (χ0) is 24.6. The average Bonchev–Trinajstić information content (AvgIpc) is 3.62. The second kappa shape index (κ2) is 9.12. The minimum Gasteiger partial charge on any atom is -0.469 e. The lowest BCUT2D eigenvalue weighted by Crippen LogP contribution is -2.22. The van der Waals surface area contributed by atoms with E-state index in [-0.39, 0.29) is 5.56 Å². The predicted octanol–water partition coefficient (Wildman–Crippen LogP) is 4.56. The minimum atomic E-state index is -0.0602. The Morgan fingerprint density at radius 2 is 1.72 bits per heavy atom. The number of hydrogen-bond donors (Lipinski definition) is 0. The van der Waals surface area contributed by atoms with Crippen molar-refractivity contribution >= 4 is 28.4 Å². The normalized spacial score (nSPS) is 11.6. The van der Waals surface area contributed by atoms with E-state index in [4.69, 9.17) is 4.42 Å². The van der Waals surface area contributed by atoms with Gasteiger partial charge in [-0.2, -0.15) is 0 Å². The Labute approximate surface area is 210 Å². The number of hydrogen-bond acceptors (Lipinski definition) is 7. The van der Waals surface area contributed by atoms with Gasteiger partial charge in [0.2, 0.25) is 5.78 Å². The first kappa shape index (κ1) is 22.3. The molecular weight excluding hydrogens is 474 g/mol. The summed E-state index contributed by atoms with van der Waals surface area (Å²) in [5.41, 5.74) is 2.79. The van der Waals surface area contributed by atoms with Gasteiger partial charge < -0.3 is 4.42 Å². The summed E-state index contributed by atoms with van der Waals surface area (Å²) in [5, 5.41) is 19.3. The molecule has 0 aliphatic rings. The molecule has 0 N–H and O–H groups in total. The molecule has 0 saturated heterocycles. The highest BCUT2D eigenvalue weighted by Gasteiger charge is 2.20. The Morgan fingerprint density at radius 3 is 2.50 bits per heavy atom. The molecule has 0 atom stereocenters. The van der Waals surface area contributed by atoms with Gasteiger partial charge in [0, 0.05) is 6.54 Å². The molecule has 4 heterocycles. The molecule has 4 aromatic heterocycles. The van der Waals surface area contributed by atoms with E-state index in [9.17, 15) is 4.79 Å². The Morgan fingerprint density at radius 1 is 0.917 bits per heavy atom. The van der Waals surface area contributed by atoms with Gasteiger partial charge in [-0.15, -0.1) is 20.4 Å². The highest BCUT2D eigenvalue weighted by atomic mass is 32.2. The van der Waals surface area contributed by atoms with Crippen molar-refractivity contribution in [1.82, 2.24) is 33.9 Å². The van der Waals surface area contributed by atoms with Crippen LogP contribution < -0.4 is 5.56 Å². The fraction of sp³-hybridized carbons (Fsp3) is 0.192. The molecule has 6 aromatic rings. The first-order valence-corrected chi connectivity index (χ1v) is 12.6. The Kier molecular flexibility index (Phi) is 5.65. The summed E-state index contributed by atoms with van der Waals surface area (Å²) in [6.07, 6.45) is 1.67. The molecule has 0 fully saturated rings. The average molecular weight is 498 g/mol. The fourth-order valence-electron chi connectivity index (χ4n) is 4.44. The molecule has 0 bridgehead atoms. The van der Waals surface area contributed by atoms with Gasteiger partial charge in [0.25, 0.3) is 5.56 Å². The standard InChI is InChI=1S/C26H23N7O2S/c1-3-31-24(34)20-11-7-8-12-21(20)33-22(27-29-25(31)33)16-36-26-30-28-23(19-13-14-35-17(19)2)32(26)15-18-9-5-4-6-10-18/h4-14H,3,15-16H2,1-2H3. The lowest BCUT2D eigenvalue weighted by atomic mass is 10.2. The maximum atomic E-state index is 13.0. The second-order valence-corrected chi connectivity index (χ2v) is 9.32. The van der Waals surface area contributed by atoms with Crippen LogP contribution in [0.2, 0.25) is 0 Å². The van der Waals surface area contributed by atoms with Crippen molar-refractivity contribution in [2.75, 3.05) is 0 Å². The molecule has 180 valence electrons. The number of para-hydroxylation sites is 1. The van der Waals surface area contributed by atoms with Crippen LogP contribution in [0, 0.1) is 6.92 Å². The number of fused-ring (bicyclic) bond motifs is 3. The number of aryl methyl sites for hydroxylation is 2. The SMILES string of the molecule is CCn1c(=O)c2ccccc2n2c(CSc3nnc(-c4ccoc4C)n3Cc3ccccc3)nnc12. The summed E-state index contributed by atoms with van der Waals surface area (Å²) in [4.78, 5) is 13.0. The van der Waals surface area contributed by atoms with Gasteiger partial charge in [0.1, 0.15) is 11.6 Å². The molecule has 0 spiro atoms. The van der Waals surface area contributed by atoms with Crippen molar-refractivity contribution in [2.45, 2.75) is 37.8 Å². The second-order valence-electron chi connectivity index (χ2n) is 8.38. The number of thioether (sulfide) groups is 1. The molecule has 0 aliphatic heterocycles. The van der Waals surface area contributed by atoms with Gasteiger partial charge in [-0.3, -0.25) is 18.3 Å². The quantitative estimate of drug-likeness (QED) is 0.298. The van der Waals surface area contributed by atoms with E-state index in [2.05, 4.69) is 37.1 Å². The van der Waals surface area contributed by atoms with Gasteiger partial charge in [0.05, 0.1) is 35.0 Å². The van der Waals surface area contributed by atoms with E-state index in [1.165, 1.54) is 11.8 Å². The third-order valence-electron chi connectivity index (χ3n) is 6.22. The highest BCUT2D eigenvalue weighted by molar-refractivity contribution is 7.98. The molecule has 2 aromatic carbocycles. The van der Waals surface area contributed by atoms with E-state index in [1.807, 2.05) is 66.8 Å². The fourth-order valence-corrected chi connectivity index (χ4v) is 5.29. The maximum Gasteiger partial charge on any atom is 0.262 e. The summed E-state index contributed by atoms with van der Waals surface area (Å²) < 4.78 is 11.3. The summed E-state index contributed by atoms with van der Waals surface area (Å²) in [6, 6.07) is 19.7. The number of rotatable bonds is 7. The molecule has 9 nitrogen and oxygen atoms in total. The topological polar surface area (TPSA) is 96.0 Å². The lowest BCUT2D eigenvalue weighted by molar-refractivity contribution is 0.534. The molecule has 10 heteroatoms. The van der Waals surface area contributed by atoms with Gasteiger partial charge in [-0.25, -0.2) is 0 Å². The van der Waals surface area contributed by atoms with Gasteiger partial charge in [0.15, 0.2) is 11.0 Å². The molecule has 0 unspecified atom stereocenters. The first-order valence-electron chi connectivity index (χ1n) is 11.7. The van der Waals surface area contributed by atoms with Crippen LogP contribution in [0.25, 0.3) is 28.1 Å². The van der Waals surface area contributed by atoms with E-state index in [1.54, 1.807) is 10.8 Å². The Balaban J connectivity index is 1.41. The number of aromatic nitrogens is 7. The molecule has 0 radical (unpaired) electrons. The molecule has 0 aliphatic carbocycles. The van der Waals surface area contributed by atoms with E-state index >= 15 is 0 Å². The van der Waals surface area contributed by atoms with Crippen LogP contribution in [0.1, 0.15) is 24.1 Å². The first-order chi connectivity index (χ1) is 17.7. The van der Waals surface area contributed by atoms with Crippen molar-refractivity contribution in [3.05, 3.63) is 94.4 Å². The molecule has 36 heavy (non-hydrogen) atoms. The molecule has 0 saturated carbocycles. The minimum absolute atomic E-state index is 0.0602. The predicted molar refractivity (Wildman–Crippen MR) is 138 cm³/mol. The smallest absolute Gasteiger partial charge is 0.262 e. The third kappa shape index (κ3) is 3.70. The van der Waals surface area contributed by atoms with Gasteiger partial charge >= 0.3 is 0 Å². The van der Waals surface area contributed by atoms with Crippen LogP contribution in [0.3, 0.4) is 0 Å². The number of benzene rings is 2.